The van der Waals surface area contributed by atoms with Gasteiger partial charge in [0.1, 0.15) is 17.1 Å². The van der Waals surface area contributed by atoms with Crippen LogP contribution in [0.25, 0.3) is 0 Å². The zero-order chi connectivity index (χ0) is 10.0. The van der Waals surface area contributed by atoms with Gasteiger partial charge >= 0.3 is 5.97 Å². The molecule has 0 aliphatic carbocycles. The van der Waals surface area contributed by atoms with Gasteiger partial charge in [-0.2, -0.15) is 0 Å². The standard InChI is InChI=1S/C8H7IO4/c1-13-8(12)4-2-5(9)7(11)3-6(4)10/h2-3,10-11H,1H3. The fourth-order valence-corrected chi connectivity index (χ4v) is 1.29. The topological polar surface area (TPSA) is 66.8 Å². The van der Waals surface area contributed by atoms with E-state index in [1.807, 2.05) is 22.6 Å². The van der Waals surface area contributed by atoms with E-state index in [-0.39, 0.29) is 17.1 Å². The Balaban J connectivity index is 3.23. The Hall–Kier alpha value is -0.980. The molecule has 4 nitrogen and oxygen atoms in total. The molecule has 0 saturated heterocycles. The smallest absolute Gasteiger partial charge is 0.341 e. The van der Waals surface area contributed by atoms with E-state index in [4.69, 9.17) is 5.11 Å². The Bertz CT molecular complexity index is 348. The van der Waals surface area contributed by atoms with Crippen LogP contribution in [-0.4, -0.2) is 23.3 Å². The van der Waals surface area contributed by atoms with Crippen molar-refractivity contribution < 1.29 is 19.7 Å². The van der Waals surface area contributed by atoms with Gasteiger partial charge in [0, 0.05) is 6.07 Å². The highest BCUT2D eigenvalue weighted by atomic mass is 127. The predicted molar refractivity (Wildman–Crippen MR) is 53.8 cm³/mol. The van der Waals surface area contributed by atoms with Crippen LogP contribution in [0.1, 0.15) is 10.4 Å². The number of ether oxygens (including phenoxy) is 1. The molecular weight excluding hydrogens is 287 g/mol. The SMILES string of the molecule is COC(=O)c1cc(I)c(O)cc1O. The lowest BCUT2D eigenvalue weighted by atomic mass is 10.2. The van der Waals surface area contributed by atoms with E-state index in [0.717, 1.165) is 6.07 Å². The summed E-state index contributed by atoms with van der Waals surface area (Å²) in [6.45, 7) is 0. The van der Waals surface area contributed by atoms with Gasteiger partial charge in [0.15, 0.2) is 0 Å². The summed E-state index contributed by atoms with van der Waals surface area (Å²) in [5.74, 6) is -0.981. The third kappa shape index (κ3) is 2.03. The zero-order valence-electron chi connectivity index (χ0n) is 6.74. The van der Waals surface area contributed by atoms with Crippen molar-refractivity contribution >= 4 is 28.6 Å². The van der Waals surface area contributed by atoms with Crippen LogP contribution in [0.3, 0.4) is 0 Å². The van der Waals surface area contributed by atoms with Crippen molar-refractivity contribution in [1.29, 1.82) is 0 Å². The summed E-state index contributed by atoms with van der Waals surface area (Å²) in [6, 6.07) is 2.46. The van der Waals surface area contributed by atoms with Crippen LogP contribution in [0.4, 0.5) is 0 Å². The molecule has 5 heteroatoms. The van der Waals surface area contributed by atoms with E-state index < -0.39 is 5.97 Å². The van der Waals surface area contributed by atoms with Gasteiger partial charge in [-0.3, -0.25) is 0 Å². The van der Waals surface area contributed by atoms with Crippen LogP contribution in [0.5, 0.6) is 11.5 Å². The lowest BCUT2D eigenvalue weighted by Crippen LogP contribution is -2.01. The van der Waals surface area contributed by atoms with Gasteiger partial charge in [0.05, 0.1) is 10.7 Å². The monoisotopic (exact) mass is 294 g/mol. The van der Waals surface area contributed by atoms with E-state index in [1.54, 1.807) is 0 Å². The van der Waals surface area contributed by atoms with Crippen LogP contribution in [0.15, 0.2) is 12.1 Å². The molecule has 0 heterocycles. The van der Waals surface area contributed by atoms with E-state index in [2.05, 4.69) is 4.74 Å². The first-order chi connectivity index (χ1) is 6.06. The Labute approximate surface area is 88.3 Å². The summed E-state index contributed by atoms with van der Waals surface area (Å²) in [5.41, 5.74) is 0.0460. The van der Waals surface area contributed by atoms with Gasteiger partial charge in [-0.15, -0.1) is 0 Å². The van der Waals surface area contributed by atoms with Crippen LogP contribution in [0.2, 0.25) is 0 Å². The Morgan fingerprint density at radius 2 is 2.00 bits per heavy atom. The zero-order valence-corrected chi connectivity index (χ0v) is 8.90. The van der Waals surface area contributed by atoms with Gasteiger partial charge in [0.25, 0.3) is 0 Å². The molecule has 70 valence electrons. The molecule has 0 saturated carbocycles. The number of carbonyl (C=O) groups is 1. The Morgan fingerprint density at radius 3 is 2.54 bits per heavy atom. The van der Waals surface area contributed by atoms with Crippen LogP contribution in [-0.2, 0) is 4.74 Å². The third-order valence-electron chi connectivity index (χ3n) is 1.47. The van der Waals surface area contributed by atoms with Crippen LogP contribution in [0, 0.1) is 3.57 Å². The number of carbonyl (C=O) groups excluding carboxylic acids is 1. The fourth-order valence-electron chi connectivity index (χ4n) is 0.824. The van der Waals surface area contributed by atoms with Gasteiger partial charge in [-0.1, -0.05) is 0 Å². The summed E-state index contributed by atoms with van der Waals surface area (Å²) in [6.07, 6.45) is 0. The predicted octanol–water partition coefficient (Wildman–Crippen LogP) is 1.49. The molecule has 0 fully saturated rings. The molecule has 0 spiro atoms. The largest absolute Gasteiger partial charge is 0.507 e. The minimum Gasteiger partial charge on any atom is -0.507 e. The molecule has 2 N–H and O–H groups in total. The second kappa shape index (κ2) is 3.82. The quantitative estimate of drug-likeness (QED) is 0.608. The molecule has 0 radical (unpaired) electrons. The highest BCUT2D eigenvalue weighted by Gasteiger charge is 2.13. The number of hydrogen-bond acceptors (Lipinski definition) is 4. The van der Waals surface area contributed by atoms with Gasteiger partial charge < -0.3 is 14.9 Å². The second-order valence-corrected chi connectivity index (χ2v) is 3.47. The summed E-state index contributed by atoms with van der Waals surface area (Å²) >= 11 is 1.85. The molecule has 0 aliphatic rings. The first-order valence-electron chi connectivity index (χ1n) is 3.36. The van der Waals surface area contributed by atoms with Crippen molar-refractivity contribution in [3.05, 3.63) is 21.3 Å². The third-order valence-corrected chi connectivity index (χ3v) is 2.33. The molecule has 0 atom stereocenters. The average molecular weight is 294 g/mol. The van der Waals surface area contributed by atoms with Crippen molar-refractivity contribution in [3.8, 4) is 11.5 Å². The van der Waals surface area contributed by atoms with Gasteiger partial charge in [-0.05, 0) is 28.7 Å². The summed E-state index contributed by atoms with van der Waals surface area (Å²) in [5, 5.41) is 18.4. The summed E-state index contributed by atoms with van der Waals surface area (Å²) in [7, 11) is 1.22. The molecule has 0 unspecified atom stereocenters. The highest BCUT2D eigenvalue weighted by molar-refractivity contribution is 14.1. The minimum atomic E-state index is -0.629. The first-order valence-corrected chi connectivity index (χ1v) is 4.44. The Morgan fingerprint density at radius 1 is 1.38 bits per heavy atom. The molecule has 0 amide bonds. The molecule has 13 heavy (non-hydrogen) atoms. The van der Waals surface area contributed by atoms with E-state index in [1.165, 1.54) is 13.2 Å². The van der Waals surface area contributed by atoms with E-state index in [9.17, 15) is 9.90 Å². The molecule has 1 aromatic carbocycles. The minimum absolute atomic E-state index is 0.0460. The number of halogens is 1. The molecule has 0 aliphatic heterocycles. The van der Waals surface area contributed by atoms with Crippen molar-refractivity contribution in [2.45, 2.75) is 0 Å². The maximum absolute atomic E-state index is 11.0. The van der Waals surface area contributed by atoms with Crippen molar-refractivity contribution in [2.75, 3.05) is 7.11 Å². The Kier molecular flexibility index (Phi) is 2.97. The summed E-state index contributed by atoms with van der Waals surface area (Å²) < 4.78 is 4.91. The second-order valence-electron chi connectivity index (χ2n) is 2.31. The van der Waals surface area contributed by atoms with Crippen molar-refractivity contribution in [2.24, 2.45) is 0 Å². The van der Waals surface area contributed by atoms with Crippen molar-refractivity contribution in [3.63, 3.8) is 0 Å². The van der Waals surface area contributed by atoms with Crippen LogP contribution < -0.4 is 0 Å². The molecule has 0 aromatic heterocycles. The number of phenols is 2. The maximum Gasteiger partial charge on any atom is 0.341 e. The van der Waals surface area contributed by atoms with Crippen LogP contribution >= 0.6 is 22.6 Å². The average Bonchev–Trinajstić information content (AvgIpc) is 2.10. The normalized spacial score (nSPS) is 9.69. The highest BCUT2D eigenvalue weighted by Crippen LogP contribution is 2.28. The van der Waals surface area contributed by atoms with E-state index in [0.29, 0.717) is 3.57 Å². The molecule has 1 rings (SSSR count). The lowest BCUT2D eigenvalue weighted by molar-refractivity contribution is 0.0597. The van der Waals surface area contributed by atoms with Gasteiger partial charge in [-0.25, -0.2) is 4.79 Å². The fraction of sp³-hybridized carbons (Fsp3) is 0.125. The number of esters is 1. The molecule has 0 bridgehead atoms. The number of phenolic OH excluding ortho intramolecular Hbond substituents is 2. The first kappa shape index (κ1) is 10.1. The number of aromatic hydroxyl groups is 2. The number of rotatable bonds is 1. The molecule has 1 aromatic rings. The number of hydrogen-bond donors (Lipinski definition) is 2. The van der Waals surface area contributed by atoms with Crippen molar-refractivity contribution in [1.82, 2.24) is 0 Å². The molecular formula is C8H7IO4. The van der Waals surface area contributed by atoms with Gasteiger partial charge in [0.2, 0.25) is 0 Å². The number of benzene rings is 1. The number of methoxy groups -OCH3 is 1. The van der Waals surface area contributed by atoms with E-state index >= 15 is 0 Å². The lowest BCUT2D eigenvalue weighted by Gasteiger charge is -2.04. The maximum atomic E-state index is 11.0. The summed E-state index contributed by atoms with van der Waals surface area (Å²) in [4.78, 5) is 11.0.